The van der Waals surface area contributed by atoms with Gasteiger partial charge in [0.1, 0.15) is 6.61 Å². The van der Waals surface area contributed by atoms with E-state index in [1.165, 1.54) is 44.9 Å². The van der Waals surface area contributed by atoms with E-state index in [0.717, 1.165) is 51.4 Å². The number of phosphoric ester groups is 1. The lowest BCUT2D eigenvalue weighted by atomic mass is 10.1. The maximum atomic E-state index is 12.3. The molecule has 0 bridgehead atoms. The van der Waals surface area contributed by atoms with Crippen molar-refractivity contribution in [3.05, 3.63) is 36.5 Å². The highest BCUT2D eigenvalue weighted by molar-refractivity contribution is 7.46. The van der Waals surface area contributed by atoms with Crippen molar-refractivity contribution in [2.24, 2.45) is 0 Å². The molecule has 3 N–H and O–H groups in total. The molecule has 0 saturated carbocycles. The van der Waals surface area contributed by atoms with Gasteiger partial charge in [-0.05, 0) is 38.5 Å². The number of unbranched alkanes of at least 4 members (excludes halogenated alkanes) is 14. The number of aliphatic hydroxyl groups excluding tert-OH is 1. The van der Waals surface area contributed by atoms with Crippen molar-refractivity contribution in [2.75, 3.05) is 13.2 Å². The Kier molecular flexibility index (Phi) is 28.7. The first-order chi connectivity index (χ1) is 21.2. The summed E-state index contributed by atoms with van der Waals surface area (Å²) in [5.41, 5.74) is 0. The van der Waals surface area contributed by atoms with Gasteiger partial charge < -0.3 is 24.4 Å². The van der Waals surface area contributed by atoms with Crippen LogP contribution >= 0.6 is 7.82 Å². The molecule has 0 radical (unpaired) electrons. The Morgan fingerprint density at radius 3 is 1.86 bits per heavy atom. The van der Waals surface area contributed by atoms with E-state index in [9.17, 15) is 19.3 Å². The number of esters is 2. The first kappa shape index (κ1) is 42.2. The molecule has 0 spiro atoms. The highest BCUT2D eigenvalue weighted by atomic mass is 31.2. The van der Waals surface area contributed by atoms with E-state index in [1.54, 1.807) is 6.08 Å². The van der Waals surface area contributed by atoms with Crippen LogP contribution in [-0.4, -0.2) is 52.3 Å². The van der Waals surface area contributed by atoms with Crippen LogP contribution < -0.4 is 0 Å². The second-order valence-corrected chi connectivity index (χ2v) is 12.6. The number of rotatable bonds is 30. The van der Waals surface area contributed by atoms with Crippen LogP contribution in [0.5, 0.6) is 0 Å². The van der Waals surface area contributed by atoms with Crippen LogP contribution in [0.15, 0.2) is 36.5 Å². The Labute approximate surface area is 266 Å². The number of carbonyl (C=O) groups is 2. The number of allylic oxidation sites excluding steroid dienone is 4. The standard InChI is InChI=1S/C34H61O9P/c1-3-5-7-8-9-10-13-16-19-23-27-33(36)41-29-32(30-42-44(38,39)40)43-34(37)28-24-20-17-14-11-12-15-18-22-26-31(35)25-21-6-4-2/h6,15,18,21-22,26,31-32,35H,3-5,7-14,16-17,19-20,23-25,27-30H2,1-2H3,(H2,38,39,40)/b18-15+,21-6+,26-22+/t31?,32-/m1/s1. The van der Waals surface area contributed by atoms with Gasteiger partial charge in [-0.25, -0.2) is 4.57 Å². The van der Waals surface area contributed by atoms with E-state index in [-0.39, 0.29) is 19.4 Å². The number of carbonyl (C=O) groups excluding carboxylic acids is 2. The largest absolute Gasteiger partial charge is 0.469 e. The van der Waals surface area contributed by atoms with Gasteiger partial charge in [0.25, 0.3) is 0 Å². The van der Waals surface area contributed by atoms with Crippen molar-refractivity contribution in [3.63, 3.8) is 0 Å². The van der Waals surface area contributed by atoms with E-state index >= 15 is 0 Å². The molecule has 0 heterocycles. The maximum Gasteiger partial charge on any atom is 0.469 e. The zero-order valence-corrected chi connectivity index (χ0v) is 28.3. The van der Waals surface area contributed by atoms with Crippen molar-refractivity contribution in [2.45, 2.75) is 154 Å². The molecule has 1 unspecified atom stereocenters. The Hall–Kier alpha value is -1.77. The molecule has 0 aromatic heterocycles. The minimum atomic E-state index is -4.76. The number of hydrogen-bond acceptors (Lipinski definition) is 7. The van der Waals surface area contributed by atoms with Gasteiger partial charge in [0, 0.05) is 12.8 Å². The van der Waals surface area contributed by atoms with Crippen LogP contribution in [0.1, 0.15) is 142 Å². The summed E-state index contributed by atoms with van der Waals surface area (Å²) < 4.78 is 26.1. The lowest BCUT2D eigenvalue weighted by Gasteiger charge is -2.18. The van der Waals surface area contributed by atoms with Crippen molar-refractivity contribution in [1.29, 1.82) is 0 Å². The van der Waals surface area contributed by atoms with E-state index in [4.69, 9.17) is 19.3 Å². The number of ether oxygens (including phenoxy) is 2. The van der Waals surface area contributed by atoms with E-state index in [2.05, 4.69) is 24.4 Å². The zero-order valence-electron chi connectivity index (χ0n) is 27.4. The highest BCUT2D eigenvalue weighted by Gasteiger charge is 2.22. The molecular formula is C34H61O9P. The molecule has 44 heavy (non-hydrogen) atoms. The van der Waals surface area contributed by atoms with Crippen LogP contribution in [0, 0.1) is 0 Å². The summed E-state index contributed by atoms with van der Waals surface area (Å²) in [7, 11) is -4.76. The lowest BCUT2D eigenvalue weighted by molar-refractivity contribution is -0.161. The third kappa shape index (κ3) is 31.6. The van der Waals surface area contributed by atoms with Crippen molar-refractivity contribution < 1.29 is 43.0 Å². The molecule has 0 aromatic carbocycles. The van der Waals surface area contributed by atoms with Crippen molar-refractivity contribution in [1.82, 2.24) is 0 Å². The molecule has 2 atom stereocenters. The van der Waals surface area contributed by atoms with Crippen molar-refractivity contribution in [3.8, 4) is 0 Å². The number of phosphoric acid groups is 1. The lowest BCUT2D eigenvalue weighted by Crippen LogP contribution is -2.29. The number of aliphatic hydroxyl groups is 1. The summed E-state index contributed by atoms with van der Waals surface area (Å²) in [6.07, 6.45) is 29.2. The summed E-state index contributed by atoms with van der Waals surface area (Å²) >= 11 is 0. The second kappa shape index (κ2) is 29.9. The topological polar surface area (TPSA) is 140 Å². The van der Waals surface area contributed by atoms with Crippen molar-refractivity contribution >= 4 is 19.8 Å². The molecule has 10 heteroatoms. The van der Waals surface area contributed by atoms with Crippen LogP contribution in [-0.2, 0) is 28.2 Å². The van der Waals surface area contributed by atoms with Gasteiger partial charge in [0.05, 0.1) is 12.7 Å². The average molecular weight is 645 g/mol. The predicted octanol–water partition coefficient (Wildman–Crippen LogP) is 8.42. The van der Waals surface area contributed by atoms with E-state index in [1.807, 2.05) is 24.3 Å². The summed E-state index contributed by atoms with van der Waals surface area (Å²) in [4.78, 5) is 42.5. The first-order valence-electron chi connectivity index (χ1n) is 16.9. The van der Waals surface area contributed by atoms with Crippen LogP contribution in [0.2, 0.25) is 0 Å². The number of hydrogen-bond donors (Lipinski definition) is 3. The fourth-order valence-corrected chi connectivity index (χ4v) is 4.83. The zero-order chi connectivity index (χ0) is 32.7. The monoisotopic (exact) mass is 644 g/mol. The van der Waals surface area contributed by atoms with Gasteiger partial charge in [-0.1, -0.05) is 127 Å². The molecule has 0 rings (SSSR count). The summed E-state index contributed by atoms with van der Waals surface area (Å²) in [6.45, 7) is 3.41. The summed E-state index contributed by atoms with van der Waals surface area (Å²) in [6, 6.07) is 0. The SMILES string of the molecule is CC/C=C/CC(O)/C=C/C=C/CCCCCCCC(=O)O[C@H](COC(=O)CCCCCCCCCCCC)COP(=O)(O)O. The van der Waals surface area contributed by atoms with Gasteiger partial charge in [-0.15, -0.1) is 0 Å². The highest BCUT2D eigenvalue weighted by Crippen LogP contribution is 2.35. The maximum absolute atomic E-state index is 12.3. The molecule has 0 aliphatic rings. The molecule has 0 aliphatic carbocycles. The average Bonchev–Trinajstić information content (AvgIpc) is 2.98. The molecule has 256 valence electrons. The smallest absolute Gasteiger partial charge is 0.462 e. The van der Waals surface area contributed by atoms with E-state index in [0.29, 0.717) is 19.3 Å². The van der Waals surface area contributed by atoms with Gasteiger partial charge in [0.2, 0.25) is 0 Å². The molecular weight excluding hydrogens is 583 g/mol. The van der Waals surface area contributed by atoms with E-state index < -0.39 is 38.6 Å². The minimum Gasteiger partial charge on any atom is -0.462 e. The summed E-state index contributed by atoms with van der Waals surface area (Å²) in [5, 5.41) is 9.81. The Morgan fingerprint density at radius 1 is 0.705 bits per heavy atom. The third-order valence-corrected chi connectivity index (χ3v) is 7.49. The molecule has 0 aliphatic heterocycles. The van der Waals surface area contributed by atoms with Gasteiger partial charge in [-0.2, -0.15) is 0 Å². The molecule has 9 nitrogen and oxygen atoms in total. The van der Waals surface area contributed by atoms with Gasteiger partial charge in [-0.3, -0.25) is 14.1 Å². The molecule has 0 fully saturated rings. The van der Waals surface area contributed by atoms with Gasteiger partial charge in [0.15, 0.2) is 6.10 Å². The molecule has 0 saturated heterocycles. The fourth-order valence-electron chi connectivity index (χ4n) is 4.47. The van der Waals surface area contributed by atoms with Gasteiger partial charge >= 0.3 is 19.8 Å². The Bertz CT molecular complexity index is 835. The normalized spacial score (nSPS) is 13.7. The summed E-state index contributed by atoms with van der Waals surface area (Å²) in [5.74, 6) is -0.942. The third-order valence-electron chi connectivity index (χ3n) is 7.00. The second-order valence-electron chi connectivity index (χ2n) is 11.3. The predicted molar refractivity (Wildman–Crippen MR) is 176 cm³/mol. The fraction of sp³-hybridized carbons (Fsp3) is 0.765. The Balaban J connectivity index is 4.10. The Morgan fingerprint density at radius 2 is 1.27 bits per heavy atom. The first-order valence-corrected chi connectivity index (χ1v) is 18.4. The molecule has 0 aromatic rings. The van der Waals surface area contributed by atoms with Crippen LogP contribution in [0.25, 0.3) is 0 Å². The van der Waals surface area contributed by atoms with Crippen LogP contribution in [0.3, 0.4) is 0 Å². The minimum absolute atomic E-state index is 0.166. The molecule has 0 amide bonds. The van der Waals surface area contributed by atoms with Crippen LogP contribution in [0.4, 0.5) is 0 Å². The quantitative estimate of drug-likeness (QED) is 0.0231.